The highest BCUT2D eigenvalue weighted by Gasteiger charge is 2.31. The van der Waals surface area contributed by atoms with E-state index in [-0.39, 0.29) is 32.7 Å². The third-order valence-corrected chi connectivity index (χ3v) is 10.1. The molecule has 1 N–H and O–H groups in total. The number of carbonyl (C=O) groups excluding carboxylic acids is 1. The zero-order chi connectivity index (χ0) is 28.2. The van der Waals surface area contributed by atoms with E-state index in [2.05, 4.69) is 5.32 Å². The van der Waals surface area contributed by atoms with Crippen LogP contribution in [0, 0.1) is 6.92 Å². The molecule has 3 aromatic rings. The first-order chi connectivity index (χ1) is 18.6. The second kappa shape index (κ2) is 11.6. The molecule has 4 rings (SSSR count). The van der Waals surface area contributed by atoms with Crippen LogP contribution in [0.2, 0.25) is 0 Å². The van der Waals surface area contributed by atoms with Gasteiger partial charge in [-0.3, -0.25) is 9.10 Å². The fraction of sp³-hybridized carbons (Fsp3) is 0.296. The molecule has 0 atom stereocenters. The number of anilines is 2. The fourth-order valence-electron chi connectivity index (χ4n) is 4.32. The van der Waals surface area contributed by atoms with Crippen molar-refractivity contribution in [3.05, 3.63) is 72.3 Å². The molecule has 39 heavy (non-hydrogen) atoms. The van der Waals surface area contributed by atoms with Gasteiger partial charge in [-0.15, -0.1) is 0 Å². The molecular weight excluding hydrogens is 542 g/mol. The van der Waals surface area contributed by atoms with E-state index in [1.54, 1.807) is 36.4 Å². The van der Waals surface area contributed by atoms with Gasteiger partial charge < -0.3 is 14.8 Å². The highest BCUT2D eigenvalue weighted by atomic mass is 32.2. The number of carbonyl (C=O) groups is 1. The second-order valence-corrected chi connectivity index (χ2v) is 12.8. The van der Waals surface area contributed by atoms with Crippen LogP contribution in [-0.2, 0) is 24.8 Å². The lowest BCUT2D eigenvalue weighted by Gasteiger charge is -2.26. The molecule has 0 saturated carbocycles. The van der Waals surface area contributed by atoms with Crippen LogP contribution in [0.1, 0.15) is 18.4 Å². The minimum atomic E-state index is -4.19. The van der Waals surface area contributed by atoms with Crippen molar-refractivity contribution >= 4 is 37.3 Å². The number of hydrogen-bond acceptors (Lipinski definition) is 7. The number of para-hydroxylation sites is 2. The number of nitrogens with one attached hydrogen (secondary N) is 1. The van der Waals surface area contributed by atoms with Crippen LogP contribution in [-0.4, -0.2) is 60.9 Å². The molecule has 0 aliphatic carbocycles. The topological polar surface area (TPSA) is 122 Å². The summed E-state index contributed by atoms with van der Waals surface area (Å²) in [7, 11) is -5.15. The summed E-state index contributed by atoms with van der Waals surface area (Å²) < 4.78 is 66.7. The van der Waals surface area contributed by atoms with Crippen molar-refractivity contribution in [1.29, 1.82) is 0 Å². The SMILES string of the molecule is COc1ccc(S(=O)(=O)N2CCCC2)cc1NC(=O)CN(c1ccccc1OC)S(=O)(=O)c1ccc(C)cc1. The third kappa shape index (κ3) is 6.02. The Morgan fingerprint density at radius 3 is 2.13 bits per heavy atom. The van der Waals surface area contributed by atoms with E-state index < -0.39 is 32.5 Å². The fourth-order valence-corrected chi connectivity index (χ4v) is 7.29. The van der Waals surface area contributed by atoms with Gasteiger partial charge >= 0.3 is 0 Å². The number of hydrogen-bond donors (Lipinski definition) is 1. The molecule has 1 amide bonds. The smallest absolute Gasteiger partial charge is 0.264 e. The molecule has 0 aromatic heterocycles. The van der Waals surface area contributed by atoms with E-state index in [9.17, 15) is 21.6 Å². The molecular formula is C27H31N3O7S2. The number of aryl methyl sites for hydroxylation is 1. The summed E-state index contributed by atoms with van der Waals surface area (Å²) in [6, 6.07) is 17.0. The Hall–Kier alpha value is -3.61. The van der Waals surface area contributed by atoms with Crippen LogP contribution in [0.25, 0.3) is 0 Å². The molecule has 1 saturated heterocycles. The first-order valence-electron chi connectivity index (χ1n) is 12.3. The Balaban J connectivity index is 1.69. The maximum atomic E-state index is 13.7. The van der Waals surface area contributed by atoms with Gasteiger partial charge in [-0.2, -0.15) is 4.31 Å². The van der Waals surface area contributed by atoms with Crippen LogP contribution < -0.4 is 19.1 Å². The first kappa shape index (κ1) is 28.4. The van der Waals surface area contributed by atoms with Crippen molar-refractivity contribution < 1.29 is 31.1 Å². The van der Waals surface area contributed by atoms with Gasteiger partial charge in [-0.1, -0.05) is 29.8 Å². The van der Waals surface area contributed by atoms with E-state index in [1.807, 2.05) is 6.92 Å². The largest absolute Gasteiger partial charge is 0.495 e. The molecule has 0 radical (unpaired) electrons. The van der Waals surface area contributed by atoms with Crippen molar-refractivity contribution in [3.63, 3.8) is 0 Å². The number of nitrogens with zero attached hydrogens (tertiary/aromatic N) is 2. The summed E-state index contributed by atoms with van der Waals surface area (Å²) in [6.45, 7) is 2.09. The Morgan fingerprint density at radius 2 is 1.49 bits per heavy atom. The van der Waals surface area contributed by atoms with Gasteiger partial charge in [-0.25, -0.2) is 16.8 Å². The highest BCUT2D eigenvalue weighted by Crippen LogP contribution is 2.33. The second-order valence-electron chi connectivity index (χ2n) is 9.02. The van der Waals surface area contributed by atoms with Gasteiger partial charge in [0.25, 0.3) is 10.0 Å². The molecule has 1 aliphatic heterocycles. The van der Waals surface area contributed by atoms with Crippen molar-refractivity contribution in [2.45, 2.75) is 29.6 Å². The predicted octanol–water partition coefficient (Wildman–Crippen LogP) is 3.63. The van der Waals surface area contributed by atoms with Crippen molar-refractivity contribution in [2.24, 2.45) is 0 Å². The number of methoxy groups -OCH3 is 2. The summed E-state index contributed by atoms with van der Waals surface area (Å²) in [5.74, 6) is -0.211. The quantitative estimate of drug-likeness (QED) is 0.393. The predicted molar refractivity (Wildman–Crippen MR) is 148 cm³/mol. The highest BCUT2D eigenvalue weighted by molar-refractivity contribution is 7.93. The Kier molecular flexibility index (Phi) is 8.48. The average molecular weight is 574 g/mol. The van der Waals surface area contributed by atoms with E-state index in [1.165, 1.54) is 48.9 Å². The minimum Gasteiger partial charge on any atom is -0.495 e. The van der Waals surface area contributed by atoms with Gasteiger partial charge in [-0.05, 0) is 62.2 Å². The van der Waals surface area contributed by atoms with E-state index in [0.29, 0.717) is 13.1 Å². The van der Waals surface area contributed by atoms with Crippen molar-refractivity contribution in [2.75, 3.05) is 43.5 Å². The maximum Gasteiger partial charge on any atom is 0.264 e. The Bertz CT molecular complexity index is 1550. The van der Waals surface area contributed by atoms with Crippen molar-refractivity contribution in [3.8, 4) is 11.5 Å². The molecule has 1 aliphatic rings. The standard InChI is InChI=1S/C27H31N3O7S2/c1-20-10-12-21(13-11-20)39(34,35)30(24-8-4-5-9-26(24)37-3)19-27(31)28-23-18-22(14-15-25(23)36-2)38(32,33)29-16-6-7-17-29/h4-5,8-15,18H,6-7,16-17,19H2,1-3H3,(H,28,31). The maximum absolute atomic E-state index is 13.7. The Labute approximate surface area is 229 Å². The lowest BCUT2D eigenvalue weighted by molar-refractivity contribution is -0.114. The van der Waals surface area contributed by atoms with Crippen LogP contribution in [0.5, 0.6) is 11.5 Å². The van der Waals surface area contributed by atoms with Gasteiger partial charge in [0.15, 0.2) is 0 Å². The third-order valence-electron chi connectivity index (χ3n) is 6.40. The van der Waals surface area contributed by atoms with Gasteiger partial charge in [0, 0.05) is 13.1 Å². The number of benzene rings is 3. The number of ether oxygens (including phenoxy) is 2. The van der Waals surface area contributed by atoms with E-state index in [4.69, 9.17) is 9.47 Å². The average Bonchev–Trinajstić information content (AvgIpc) is 3.48. The summed E-state index contributed by atoms with van der Waals surface area (Å²) in [5.41, 5.74) is 1.16. The van der Waals surface area contributed by atoms with E-state index >= 15 is 0 Å². The minimum absolute atomic E-state index is 0.00286. The molecule has 0 unspecified atom stereocenters. The molecule has 10 nitrogen and oxygen atoms in total. The van der Waals surface area contributed by atoms with Gasteiger partial charge in [0.05, 0.1) is 35.4 Å². The number of sulfonamides is 2. The van der Waals surface area contributed by atoms with Gasteiger partial charge in [0.1, 0.15) is 18.0 Å². The molecule has 0 spiro atoms. The summed E-state index contributed by atoms with van der Waals surface area (Å²) in [5, 5.41) is 2.64. The zero-order valence-corrected chi connectivity index (χ0v) is 23.6. The van der Waals surface area contributed by atoms with Crippen LogP contribution in [0.3, 0.4) is 0 Å². The number of rotatable bonds is 10. The zero-order valence-electron chi connectivity index (χ0n) is 22.0. The van der Waals surface area contributed by atoms with E-state index in [0.717, 1.165) is 22.7 Å². The first-order valence-corrected chi connectivity index (χ1v) is 15.2. The van der Waals surface area contributed by atoms with Crippen LogP contribution in [0.15, 0.2) is 76.5 Å². The summed E-state index contributed by atoms with van der Waals surface area (Å²) in [4.78, 5) is 13.4. The molecule has 208 valence electrons. The summed E-state index contributed by atoms with van der Waals surface area (Å²) in [6.07, 6.45) is 1.57. The lowest BCUT2D eigenvalue weighted by atomic mass is 10.2. The molecule has 12 heteroatoms. The number of amides is 1. The van der Waals surface area contributed by atoms with Crippen LogP contribution in [0.4, 0.5) is 11.4 Å². The molecule has 0 bridgehead atoms. The van der Waals surface area contributed by atoms with Gasteiger partial charge in [0.2, 0.25) is 15.9 Å². The van der Waals surface area contributed by atoms with Crippen LogP contribution >= 0.6 is 0 Å². The normalized spacial score (nSPS) is 14.1. The summed E-state index contributed by atoms with van der Waals surface area (Å²) >= 11 is 0. The molecule has 1 fully saturated rings. The molecule has 3 aromatic carbocycles. The molecule has 1 heterocycles. The van der Waals surface area contributed by atoms with Crippen molar-refractivity contribution in [1.82, 2.24) is 4.31 Å². The lowest BCUT2D eigenvalue weighted by Crippen LogP contribution is -2.38. The monoisotopic (exact) mass is 573 g/mol. The Morgan fingerprint density at radius 1 is 0.872 bits per heavy atom.